The number of aryl methyl sites for hydroxylation is 1. The van der Waals surface area contributed by atoms with Crippen molar-refractivity contribution in [3.8, 4) is 0 Å². The minimum atomic E-state index is -0.303. The fraction of sp³-hybridized carbons (Fsp3) is 0.167. The van der Waals surface area contributed by atoms with E-state index in [0.717, 1.165) is 6.42 Å². The zero-order valence-corrected chi connectivity index (χ0v) is 16.2. The molecule has 0 aliphatic heterocycles. The van der Waals surface area contributed by atoms with Gasteiger partial charge in [0.25, 0.3) is 11.8 Å². The molecule has 2 amide bonds. The van der Waals surface area contributed by atoms with Crippen molar-refractivity contribution in [3.63, 3.8) is 0 Å². The maximum Gasteiger partial charge on any atom is 0.255 e. The minimum Gasteiger partial charge on any atom is -0.352 e. The number of benzene rings is 3. The average molecular weight is 390 g/mol. The third-order valence-corrected chi connectivity index (χ3v) is 4.64. The normalized spacial score (nSPS) is 10.4. The first-order valence-electron chi connectivity index (χ1n) is 9.59. The van der Waals surface area contributed by atoms with E-state index in [0.29, 0.717) is 35.3 Å². The SMILES string of the molecule is CCc1ccc(NC(=O)c2cccc(C(=O)NCCc3ccccc3F)c2)cc1. The summed E-state index contributed by atoms with van der Waals surface area (Å²) in [6, 6.07) is 20.7. The summed E-state index contributed by atoms with van der Waals surface area (Å²) >= 11 is 0. The highest BCUT2D eigenvalue weighted by molar-refractivity contribution is 6.06. The number of rotatable bonds is 7. The Bertz CT molecular complexity index is 1000. The molecule has 0 fully saturated rings. The molecule has 2 N–H and O–H groups in total. The van der Waals surface area contributed by atoms with Crippen molar-refractivity contribution in [2.45, 2.75) is 19.8 Å². The molecule has 5 heteroatoms. The molecule has 29 heavy (non-hydrogen) atoms. The predicted molar refractivity (Wildman–Crippen MR) is 113 cm³/mol. The van der Waals surface area contributed by atoms with Gasteiger partial charge in [0, 0.05) is 23.4 Å². The first-order chi connectivity index (χ1) is 14.1. The van der Waals surface area contributed by atoms with Gasteiger partial charge in [-0.25, -0.2) is 4.39 Å². The van der Waals surface area contributed by atoms with Crippen LogP contribution in [-0.4, -0.2) is 18.4 Å². The molecule has 0 saturated carbocycles. The summed E-state index contributed by atoms with van der Waals surface area (Å²) in [5.41, 5.74) is 3.22. The maximum atomic E-state index is 13.6. The standard InChI is InChI=1S/C24H23FN2O2/c1-2-17-10-12-21(13-11-17)27-24(29)20-8-5-7-19(16-20)23(28)26-15-14-18-6-3-4-9-22(18)25/h3-13,16H,2,14-15H2,1H3,(H,26,28)(H,27,29). The van der Waals surface area contributed by atoms with Crippen LogP contribution in [0.3, 0.4) is 0 Å². The van der Waals surface area contributed by atoms with Crippen molar-refractivity contribution in [1.29, 1.82) is 0 Å². The summed E-state index contributed by atoms with van der Waals surface area (Å²) in [6.45, 7) is 2.38. The number of amides is 2. The second-order valence-corrected chi connectivity index (χ2v) is 6.68. The Kier molecular flexibility index (Phi) is 6.74. The van der Waals surface area contributed by atoms with Gasteiger partial charge in [-0.1, -0.05) is 43.3 Å². The highest BCUT2D eigenvalue weighted by Crippen LogP contribution is 2.13. The van der Waals surface area contributed by atoms with Gasteiger partial charge in [-0.3, -0.25) is 9.59 Å². The van der Waals surface area contributed by atoms with Gasteiger partial charge in [-0.05, 0) is 60.4 Å². The molecule has 3 aromatic carbocycles. The number of hydrogen-bond donors (Lipinski definition) is 2. The molecule has 3 rings (SSSR count). The van der Waals surface area contributed by atoms with Crippen LogP contribution in [-0.2, 0) is 12.8 Å². The summed E-state index contributed by atoms with van der Waals surface area (Å²) in [4.78, 5) is 24.9. The second-order valence-electron chi connectivity index (χ2n) is 6.68. The van der Waals surface area contributed by atoms with E-state index in [-0.39, 0.29) is 17.6 Å². The van der Waals surface area contributed by atoms with Crippen molar-refractivity contribution >= 4 is 17.5 Å². The zero-order chi connectivity index (χ0) is 20.6. The maximum absolute atomic E-state index is 13.6. The van der Waals surface area contributed by atoms with Crippen molar-refractivity contribution in [3.05, 3.63) is 101 Å². The summed E-state index contributed by atoms with van der Waals surface area (Å²) in [6.07, 6.45) is 1.33. The van der Waals surface area contributed by atoms with Gasteiger partial charge in [-0.15, -0.1) is 0 Å². The molecule has 0 unspecified atom stereocenters. The van der Waals surface area contributed by atoms with Crippen LogP contribution < -0.4 is 10.6 Å². The van der Waals surface area contributed by atoms with E-state index in [1.165, 1.54) is 11.6 Å². The molecule has 0 aliphatic rings. The number of anilines is 1. The van der Waals surface area contributed by atoms with Crippen LogP contribution in [0, 0.1) is 5.82 Å². The first-order valence-corrected chi connectivity index (χ1v) is 9.59. The number of halogens is 1. The van der Waals surface area contributed by atoms with E-state index in [9.17, 15) is 14.0 Å². The minimum absolute atomic E-state index is 0.282. The molecule has 0 radical (unpaired) electrons. The van der Waals surface area contributed by atoms with Gasteiger partial charge in [-0.2, -0.15) is 0 Å². The van der Waals surface area contributed by atoms with Gasteiger partial charge in [0.1, 0.15) is 5.82 Å². The van der Waals surface area contributed by atoms with Crippen LogP contribution in [0.5, 0.6) is 0 Å². The topological polar surface area (TPSA) is 58.2 Å². The Hall–Kier alpha value is -3.47. The molecule has 0 saturated heterocycles. The lowest BCUT2D eigenvalue weighted by Gasteiger charge is -2.09. The Labute approximate surface area is 169 Å². The number of carbonyl (C=O) groups excluding carboxylic acids is 2. The third-order valence-electron chi connectivity index (χ3n) is 4.64. The van der Waals surface area contributed by atoms with Crippen molar-refractivity contribution in [1.82, 2.24) is 5.32 Å². The smallest absolute Gasteiger partial charge is 0.255 e. The quantitative estimate of drug-likeness (QED) is 0.619. The molecule has 0 heterocycles. The number of carbonyl (C=O) groups is 2. The van der Waals surface area contributed by atoms with E-state index in [1.54, 1.807) is 42.5 Å². The Morgan fingerprint density at radius 2 is 1.55 bits per heavy atom. The largest absolute Gasteiger partial charge is 0.352 e. The molecular formula is C24H23FN2O2. The fourth-order valence-corrected chi connectivity index (χ4v) is 2.94. The lowest BCUT2D eigenvalue weighted by atomic mass is 10.1. The Balaban J connectivity index is 1.59. The Morgan fingerprint density at radius 3 is 2.24 bits per heavy atom. The predicted octanol–water partition coefficient (Wildman–Crippen LogP) is 4.61. The Morgan fingerprint density at radius 1 is 0.862 bits per heavy atom. The van der Waals surface area contributed by atoms with Crippen molar-refractivity contribution < 1.29 is 14.0 Å². The summed E-state index contributed by atoms with van der Waals surface area (Å²) in [5, 5.41) is 5.60. The monoisotopic (exact) mass is 390 g/mol. The fourth-order valence-electron chi connectivity index (χ4n) is 2.94. The highest BCUT2D eigenvalue weighted by Gasteiger charge is 2.11. The van der Waals surface area contributed by atoms with Crippen LogP contribution in [0.25, 0.3) is 0 Å². The van der Waals surface area contributed by atoms with Gasteiger partial charge >= 0.3 is 0 Å². The third kappa shape index (κ3) is 5.51. The van der Waals surface area contributed by atoms with Crippen LogP contribution >= 0.6 is 0 Å². The van der Waals surface area contributed by atoms with Crippen LogP contribution in [0.2, 0.25) is 0 Å². The van der Waals surface area contributed by atoms with Crippen molar-refractivity contribution in [2.75, 3.05) is 11.9 Å². The van der Waals surface area contributed by atoms with E-state index < -0.39 is 0 Å². The van der Waals surface area contributed by atoms with E-state index in [2.05, 4.69) is 17.6 Å². The van der Waals surface area contributed by atoms with E-state index >= 15 is 0 Å². The van der Waals surface area contributed by atoms with Crippen molar-refractivity contribution in [2.24, 2.45) is 0 Å². The molecule has 0 spiro atoms. The molecule has 148 valence electrons. The lowest BCUT2D eigenvalue weighted by Crippen LogP contribution is -2.26. The van der Waals surface area contributed by atoms with Gasteiger partial charge in [0.2, 0.25) is 0 Å². The molecule has 0 atom stereocenters. The average Bonchev–Trinajstić information content (AvgIpc) is 2.75. The van der Waals surface area contributed by atoms with Crippen LogP contribution in [0.1, 0.15) is 38.8 Å². The van der Waals surface area contributed by atoms with Crippen LogP contribution in [0.4, 0.5) is 10.1 Å². The molecule has 4 nitrogen and oxygen atoms in total. The molecule has 3 aromatic rings. The van der Waals surface area contributed by atoms with Gasteiger partial charge < -0.3 is 10.6 Å². The second kappa shape index (κ2) is 9.64. The number of nitrogens with one attached hydrogen (secondary N) is 2. The van der Waals surface area contributed by atoms with Gasteiger partial charge in [0.05, 0.1) is 0 Å². The van der Waals surface area contributed by atoms with E-state index in [4.69, 9.17) is 0 Å². The number of hydrogen-bond acceptors (Lipinski definition) is 2. The summed E-state index contributed by atoms with van der Waals surface area (Å²) in [5.74, 6) is -0.870. The first kappa shape index (κ1) is 20.3. The summed E-state index contributed by atoms with van der Waals surface area (Å²) < 4.78 is 13.6. The molecule has 0 bridgehead atoms. The zero-order valence-electron chi connectivity index (χ0n) is 16.2. The highest BCUT2D eigenvalue weighted by atomic mass is 19.1. The lowest BCUT2D eigenvalue weighted by molar-refractivity contribution is 0.0954. The van der Waals surface area contributed by atoms with Crippen LogP contribution in [0.15, 0.2) is 72.8 Å². The molecular weight excluding hydrogens is 367 g/mol. The van der Waals surface area contributed by atoms with E-state index in [1.807, 2.05) is 24.3 Å². The van der Waals surface area contributed by atoms with Gasteiger partial charge in [0.15, 0.2) is 0 Å². The molecule has 0 aromatic heterocycles. The summed E-state index contributed by atoms with van der Waals surface area (Å²) in [7, 11) is 0. The molecule has 0 aliphatic carbocycles.